The number of nitrogen functional groups attached to an aromatic ring is 1. The molecule has 6 nitrogen and oxygen atoms in total. The van der Waals surface area contributed by atoms with Gasteiger partial charge in [-0.25, -0.2) is 9.18 Å². The van der Waals surface area contributed by atoms with Crippen LogP contribution >= 0.6 is 12.4 Å². The van der Waals surface area contributed by atoms with Gasteiger partial charge in [0.15, 0.2) is 0 Å². The molecule has 0 spiro atoms. The third kappa shape index (κ3) is 5.10. The molecule has 0 unspecified atom stereocenters. The fourth-order valence-corrected chi connectivity index (χ4v) is 3.01. The van der Waals surface area contributed by atoms with Crippen LogP contribution in [-0.4, -0.2) is 25.0 Å². The van der Waals surface area contributed by atoms with E-state index in [1.807, 2.05) is 18.2 Å². The van der Waals surface area contributed by atoms with Gasteiger partial charge in [-0.2, -0.15) is 0 Å². The molecular weight excluding hydrogens is 371 g/mol. The fourth-order valence-electron chi connectivity index (χ4n) is 3.01. The van der Waals surface area contributed by atoms with Crippen molar-refractivity contribution in [3.63, 3.8) is 0 Å². The van der Waals surface area contributed by atoms with E-state index >= 15 is 0 Å². The quantitative estimate of drug-likeness (QED) is 0.699. The Morgan fingerprint density at radius 2 is 1.85 bits per heavy atom. The lowest BCUT2D eigenvalue weighted by Gasteiger charge is -2.30. The molecule has 144 valence electrons. The van der Waals surface area contributed by atoms with Crippen LogP contribution < -0.4 is 21.3 Å². The second-order valence-corrected chi connectivity index (χ2v) is 6.16. The number of fused-ring (bicyclic) bond motifs is 1. The molecule has 2 aromatic carbocycles. The fraction of sp³-hybridized carbons (Fsp3) is 0.263. The van der Waals surface area contributed by atoms with Crippen LogP contribution in [0.3, 0.4) is 0 Å². The highest BCUT2D eigenvalue weighted by Crippen LogP contribution is 2.31. The van der Waals surface area contributed by atoms with E-state index in [0.29, 0.717) is 12.2 Å². The number of hydrogen-bond donors (Lipinski definition) is 3. The summed E-state index contributed by atoms with van der Waals surface area (Å²) in [6.45, 7) is 0.751. The number of rotatable bonds is 4. The van der Waals surface area contributed by atoms with Crippen molar-refractivity contribution >= 4 is 35.7 Å². The van der Waals surface area contributed by atoms with Crippen molar-refractivity contribution in [3.8, 4) is 0 Å². The van der Waals surface area contributed by atoms with Crippen molar-refractivity contribution in [2.24, 2.45) is 0 Å². The average molecular weight is 393 g/mol. The number of urea groups is 1. The second-order valence-electron chi connectivity index (χ2n) is 6.16. The predicted molar refractivity (Wildman–Crippen MR) is 105 cm³/mol. The number of nitrogens with zero attached hydrogens (tertiary/aromatic N) is 1. The molecule has 0 saturated heterocycles. The van der Waals surface area contributed by atoms with Crippen molar-refractivity contribution in [3.05, 3.63) is 59.4 Å². The Balaban J connectivity index is 0.00000261. The van der Waals surface area contributed by atoms with Crippen molar-refractivity contribution in [2.45, 2.75) is 19.4 Å². The maximum Gasteiger partial charge on any atom is 0.315 e. The van der Waals surface area contributed by atoms with Gasteiger partial charge >= 0.3 is 6.03 Å². The second kappa shape index (κ2) is 9.23. The van der Waals surface area contributed by atoms with E-state index < -0.39 is 6.03 Å². The third-order valence-electron chi connectivity index (χ3n) is 4.35. The molecule has 1 aliphatic heterocycles. The van der Waals surface area contributed by atoms with Crippen LogP contribution in [0.25, 0.3) is 0 Å². The predicted octanol–water partition coefficient (Wildman–Crippen LogP) is 2.61. The number of carbonyl (C=O) groups is 2. The summed E-state index contributed by atoms with van der Waals surface area (Å²) >= 11 is 0. The van der Waals surface area contributed by atoms with E-state index in [4.69, 9.17) is 5.73 Å². The minimum absolute atomic E-state index is 0. The van der Waals surface area contributed by atoms with E-state index in [1.54, 1.807) is 17.0 Å². The Hall–Kier alpha value is -2.80. The molecular formula is C19H22ClFN4O2. The zero-order chi connectivity index (χ0) is 18.5. The minimum Gasteiger partial charge on any atom is -0.398 e. The molecule has 2 aromatic rings. The number of anilines is 2. The molecule has 1 heterocycles. The summed E-state index contributed by atoms with van der Waals surface area (Å²) in [5.41, 5.74) is 9.24. The van der Waals surface area contributed by atoms with Gasteiger partial charge in [0.25, 0.3) is 0 Å². The summed E-state index contributed by atoms with van der Waals surface area (Å²) in [4.78, 5) is 26.0. The van der Waals surface area contributed by atoms with Crippen LogP contribution in [0.1, 0.15) is 17.5 Å². The first kappa shape index (κ1) is 20.5. The summed E-state index contributed by atoms with van der Waals surface area (Å²) in [7, 11) is 0. The maximum absolute atomic E-state index is 12.9. The highest BCUT2D eigenvalue weighted by molar-refractivity contribution is 5.98. The lowest BCUT2D eigenvalue weighted by Crippen LogP contribution is -2.45. The van der Waals surface area contributed by atoms with Gasteiger partial charge in [-0.15, -0.1) is 12.4 Å². The highest BCUT2D eigenvalue weighted by atomic mass is 35.5. The molecule has 4 N–H and O–H groups in total. The molecule has 0 fully saturated rings. The Morgan fingerprint density at radius 3 is 2.59 bits per heavy atom. The number of nitrogens with two attached hydrogens (primary N) is 1. The molecule has 3 amide bonds. The van der Waals surface area contributed by atoms with Gasteiger partial charge in [-0.05, 0) is 48.2 Å². The van der Waals surface area contributed by atoms with Gasteiger partial charge in [-0.1, -0.05) is 18.2 Å². The number of nitrogens with one attached hydrogen (secondary N) is 2. The molecule has 0 saturated carbocycles. The normalized spacial score (nSPS) is 12.6. The Morgan fingerprint density at radius 1 is 1.11 bits per heavy atom. The molecule has 1 aliphatic rings. The summed E-state index contributed by atoms with van der Waals surface area (Å²) < 4.78 is 12.9. The lowest BCUT2D eigenvalue weighted by atomic mass is 10.00. The summed E-state index contributed by atoms with van der Waals surface area (Å²) in [6.07, 6.45) is 1.68. The lowest BCUT2D eigenvalue weighted by molar-refractivity contribution is -0.117. The van der Waals surface area contributed by atoms with Crippen molar-refractivity contribution < 1.29 is 14.0 Å². The standard InChI is InChI=1S/C19H21FN4O2.ClH/c20-14-8-6-13(7-9-14)11-22-19(26)23-12-18(25)24-10-2-3-15-16(21)4-1-5-17(15)24;/h1,4-9H,2-3,10-12,21H2,(H2,22,23,26);1H. The third-order valence-corrected chi connectivity index (χ3v) is 4.35. The van der Waals surface area contributed by atoms with Crippen molar-refractivity contribution in [1.82, 2.24) is 10.6 Å². The van der Waals surface area contributed by atoms with Crippen LogP contribution in [0, 0.1) is 5.82 Å². The van der Waals surface area contributed by atoms with Crippen molar-refractivity contribution in [2.75, 3.05) is 23.7 Å². The molecule has 0 aromatic heterocycles. The first-order chi connectivity index (χ1) is 12.5. The molecule has 3 rings (SSSR count). The van der Waals surface area contributed by atoms with Gasteiger partial charge in [0.2, 0.25) is 5.91 Å². The number of carbonyl (C=O) groups excluding carboxylic acids is 2. The van der Waals surface area contributed by atoms with Crippen LogP contribution in [0.15, 0.2) is 42.5 Å². The largest absolute Gasteiger partial charge is 0.398 e. The SMILES string of the molecule is Cl.Nc1cccc2c1CCCN2C(=O)CNC(=O)NCc1ccc(F)cc1. The molecule has 8 heteroatoms. The van der Waals surface area contributed by atoms with Crippen LogP contribution in [0.4, 0.5) is 20.6 Å². The first-order valence-electron chi connectivity index (χ1n) is 8.48. The molecule has 0 radical (unpaired) electrons. The number of hydrogen-bond acceptors (Lipinski definition) is 3. The Bertz CT molecular complexity index is 814. The van der Waals surface area contributed by atoms with E-state index in [9.17, 15) is 14.0 Å². The van der Waals surface area contributed by atoms with Crippen LogP contribution in [0.2, 0.25) is 0 Å². The van der Waals surface area contributed by atoms with Gasteiger partial charge in [-0.3, -0.25) is 4.79 Å². The van der Waals surface area contributed by atoms with Gasteiger partial charge in [0.05, 0.1) is 6.54 Å². The zero-order valence-electron chi connectivity index (χ0n) is 14.7. The zero-order valence-corrected chi connectivity index (χ0v) is 15.5. The van der Waals surface area contributed by atoms with E-state index in [1.165, 1.54) is 12.1 Å². The molecule has 0 atom stereocenters. The van der Waals surface area contributed by atoms with Gasteiger partial charge in [0.1, 0.15) is 5.82 Å². The van der Waals surface area contributed by atoms with Crippen molar-refractivity contribution in [1.29, 1.82) is 0 Å². The monoisotopic (exact) mass is 392 g/mol. The average Bonchev–Trinajstić information content (AvgIpc) is 2.65. The smallest absolute Gasteiger partial charge is 0.315 e. The minimum atomic E-state index is -0.451. The van der Waals surface area contributed by atoms with E-state index in [0.717, 1.165) is 29.7 Å². The highest BCUT2D eigenvalue weighted by Gasteiger charge is 2.23. The first-order valence-corrected chi connectivity index (χ1v) is 8.48. The van der Waals surface area contributed by atoms with Gasteiger partial charge < -0.3 is 21.3 Å². The van der Waals surface area contributed by atoms with Gasteiger partial charge in [0, 0.05) is 24.5 Å². The van der Waals surface area contributed by atoms with Crippen LogP contribution in [0.5, 0.6) is 0 Å². The summed E-state index contributed by atoms with van der Waals surface area (Å²) in [6, 6.07) is 10.9. The maximum atomic E-state index is 12.9. The summed E-state index contributed by atoms with van der Waals surface area (Å²) in [5.74, 6) is -0.514. The number of halogens is 2. The molecule has 0 aliphatic carbocycles. The van der Waals surface area contributed by atoms with E-state index in [-0.39, 0.29) is 37.2 Å². The molecule has 0 bridgehead atoms. The molecule has 27 heavy (non-hydrogen) atoms. The number of amides is 3. The topological polar surface area (TPSA) is 87.5 Å². The Kier molecular flexibility index (Phi) is 7.01. The Labute approximate surface area is 163 Å². The van der Waals surface area contributed by atoms with E-state index in [2.05, 4.69) is 10.6 Å². The number of benzene rings is 2. The van der Waals surface area contributed by atoms with Crippen LogP contribution in [-0.2, 0) is 17.8 Å². The summed E-state index contributed by atoms with van der Waals surface area (Å²) in [5, 5.41) is 5.20.